The minimum absolute atomic E-state index is 0.0127. The van der Waals surface area contributed by atoms with Gasteiger partial charge in [0.05, 0.1) is 10.9 Å². The molecule has 0 unspecified atom stereocenters. The molecule has 3 heterocycles. The van der Waals surface area contributed by atoms with E-state index < -0.39 is 23.9 Å². The van der Waals surface area contributed by atoms with Crippen molar-refractivity contribution in [2.45, 2.75) is 25.1 Å². The number of anilines is 1. The van der Waals surface area contributed by atoms with Crippen molar-refractivity contribution in [1.82, 2.24) is 19.7 Å². The molecule has 3 aromatic rings. The summed E-state index contributed by atoms with van der Waals surface area (Å²) < 4.78 is 42.3. The minimum Gasteiger partial charge on any atom is -0.506 e. The number of thiazole rings is 1. The summed E-state index contributed by atoms with van der Waals surface area (Å²) in [5.74, 6) is -0.393. The predicted molar refractivity (Wildman–Crippen MR) is 103 cm³/mol. The van der Waals surface area contributed by atoms with E-state index in [-0.39, 0.29) is 16.8 Å². The van der Waals surface area contributed by atoms with Gasteiger partial charge in [-0.25, -0.2) is 17.9 Å². The molecule has 2 atom stereocenters. The van der Waals surface area contributed by atoms with Crippen molar-refractivity contribution in [2.24, 2.45) is 0 Å². The Morgan fingerprint density at radius 2 is 2.14 bits per heavy atom. The van der Waals surface area contributed by atoms with Gasteiger partial charge in [0, 0.05) is 42.2 Å². The Labute approximate surface area is 167 Å². The highest BCUT2D eigenvalue weighted by Gasteiger charge is 2.26. The second-order valence-corrected chi connectivity index (χ2v) is 8.31. The fourth-order valence-electron chi connectivity index (χ4n) is 3.45. The first-order valence-electron chi connectivity index (χ1n) is 8.56. The third kappa shape index (κ3) is 3.76. The average Bonchev–Trinajstić information content (AvgIpc) is 3.11. The van der Waals surface area contributed by atoms with Gasteiger partial charge in [0.25, 0.3) is 6.43 Å². The van der Waals surface area contributed by atoms with Crippen molar-refractivity contribution in [3.05, 3.63) is 28.9 Å². The maximum Gasteiger partial charge on any atom is 0.266 e. The second-order valence-electron chi connectivity index (χ2n) is 6.84. The number of alkyl halides is 3. The van der Waals surface area contributed by atoms with Gasteiger partial charge < -0.3 is 15.3 Å². The molecule has 11 heteroatoms. The van der Waals surface area contributed by atoms with E-state index in [0.717, 1.165) is 6.07 Å². The molecule has 28 heavy (non-hydrogen) atoms. The van der Waals surface area contributed by atoms with E-state index in [1.54, 1.807) is 0 Å². The van der Waals surface area contributed by atoms with Crippen molar-refractivity contribution < 1.29 is 18.3 Å². The number of aromatic nitrogens is 3. The molecule has 0 radical (unpaired) electrons. The number of nitrogens with one attached hydrogen (secondary N) is 1. The van der Waals surface area contributed by atoms with Gasteiger partial charge in [-0.1, -0.05) is 22.9 Å². The van der Waals surface area contributed by atoms with Crippen LogP contribution in [-0.4, -0.2) is 57.1 Å². The van der Waals surface area contributed by atoms with Gasteiger partial charge in [-0.15, -0.1) is 5.10 Å². The van der Waals surface area contributed by atoms with E-state index in [9.17, 15) is 18.3 Å². The van der Waals surface area contributed by atoms with Gasteiger partial charge in [0.15, 0.2) is 10.8 Å². The number of hydrogen-bond donors (Lipinski definition) is 2. The van der Waals surface area contributed by atoms with Crippen molar-refractivity contribution in [1.29, 1.82) is 0 Å². The highest BCUT2D eigenvalue weighted by atomic mass is 35.5. The number of phenols is 1. The van der Waals surface area contributed by atoms with Gasteiger partial charge >= 0.3 is 0 Å². The first kappa shape index (κ1) is 19.3. The number of rotatable bonds is 4. The lowest BCUT2D eigenvalue weighted by Gasteiger charge is -2.32. The molecular weight excluding hydrogens is 415 g/mol. The van der Waals surface area contributed by atoms with Crippen LogP contribution in [0.15, 0.2) is 18.3 Å². The first-order chi connectivity index (χ1) is 13.3. The standard InChI is InChI=1S/C17H17ClF3N5OS/c1-25-5-9(19)4-10(6-25)22-17-23-16-13(28-17)7-26(24-16)14-11(15(20)21)2-8(18)3-12(14)27/h2-3,7,9-10,15,27H,4-6H2,1H3,(H,22,23,24)/t9-,10-/m1/s1. The summed E-state index contributed by atoms with van der Waals surface area (Å²) in [4.78, 5) is 6.28. The lowest BCUT2D eigenvalue weighted by atomic mass is 10.1. The quantitative estimate of drug-likeness (QED) is 0.647. The molecule has 6 nitrogen and oxygen atoms in total. The average molecular weight is 432 g/mol. The number of fused-ring (bicyclic) bond motifs is 1. The normalized spacial score (nSPS) is 20.9. The summed E-state index contributed by atoms with van der Waals surface area (Å²) in [6.45, 7) is 1.12. The number of piperidine rings is 1. The summed E-state index contributed by atoms with van der Waals surface area (Å²) in [7, 11) is 1.86. The Balaban J connectivity index is 1.62. The van der Waals surface area contributed by atoms with Crippen LogP contribution in [0.25, 0.3) is 16.0 Å². The smallest absolute Gasteiger partial charge is 0.266 e. The van der Waals surface area contributed by atoms with E-state index in [2.05, 4.69) is 15.4 Å². The largest absolute Gasteiger partial charge is 0.506 e. The number of halogens is 4. The van der Waals surface area contributed by atoms with Gasteiger partial charge in [-0.3, -0.25) is 0 Å². The number of likely N-dealkylation sites (tertiary alicyclic amines) is 1. The number of phenolic OH excluding ortho intramolecular Hbond substituents is 1. The molecule has 1 aromatic carbocycles. The van der Waals surface area contributed by atoms with Crippen LogP contribution in [0.1, 0.15) is 18.4 Å². The minimum atomic E-state index is -2.83. The van der Waals surface area contributed by atoms with Gasteiger partial charge in [0.2, 0.25) is 0 Å². The number of hydrogen-bond acceptors (Lipinski definition) is 6. The van der Waals surface area contributed by atoms with Crippen molar-refractivity contribution in [2.75, 3.05) is 25.5 Å². The molecule has 1 fully saturated rings. The summed E-state index contributed by atoms with van der Waals surface area (Å²) in [5.41, 5.74) is -0.200. The Hall–Kier alpha value is -2.04. The Morgan fingerprint density at radius 1 is 1.36 bits per heavy atom. The van der Waals surface area contributed by atoms with Crippen molar-refractivity contribution in [3.8, 4) is 11.4 Å². The maximum absolute atomic E-state index is 13.7. The number of benzene rings is 1. The first-order valence-corrected chi connectivity index (χ1v) is 9.76. The van der Waals surface area contributed by atoms with Gasteiger partial charge in [-0.05, 0) is 13.1 Å². The van der Waals surface area contributed by atoms with Crippen LogP contribution >= 0.6 is 22.9 Å². The molecule has 1 aliphatic rings. The SMILES string of the molecule is CN1C[C@H](F)C[C@@H](Nc2nc3nn(-c4c(O)cc(Cl)cc4C(F)F)cc3s2)C1. The second kappa shape index (κ2) is 7.41. The van der Waals surface area contributed by atoms with Crippen LogP contribution in [0, 0.1) is 0 Å². The molecule has 0 amide bonds. The molecule has 4 rings (SSSR count). The van der Waals surface area contributed by atoms with E-state index in [4.69, 9.17) is 11.6 Å². The zero-order valence-corrected chi connectivity index (χ0v) is 16.3. The van der Waals surface area contributed by atoms with Crippen molar-refractivity contribution in [3.63, 3.8) is 0 Å². The lowest BCUT2D eigenvalue weighted by molar-refractivity contribution is 0.150. The van der Waals surface area contributed by atoms with Crippen LogP contribution in [0.2, 0.25) is 5.02 Å². The van der Waals surface area contributed by atoms with E-state index in [0.29, 0.717) is 35.0 Å². The van der Waals surface area contributed by atoms with Crippen LogP contribution in [0.4, 0.5) is 18.3 Å². The van der Waals surface area contributed by atoms with Crippen LogP contribution in [0.5, 0.6) is 5.75 Å². The molecule has 0 spiro atoms. The van der Waals surface area contributed by atoms with Gasteiger partial charge in [0.1, 0.15) is 17.6 Å². The molecule has 0 aliphatic carbocycles. The molecule has 2 aromatic heterocycles. The summed E-state index contributed by atoms with van der Waals surface area (Å²) >= 11 is 7.06. The molecule has 150 valence electrons. The molecule has 0 saturated carbocycles. The molecule has 2 N–H and O–H groups in total. The Bertz CT molecular complexity index is 969. The molecular formula is C17H17ClF3N5OS. The Kier molecular flexibility index (Phi) is 5.11. The zero-order valence-electron chi connectivity index (χ0n) is 14.7. The highest BCUT2D eigenvalue weighted by molar-refractivity contribution is 7.22. The monoisotopic (exact) mass is 431 g/mol. The third-order valence-electron chi connectivity index (χ3n) is 4.53. The van der Waals surface area contributed by atoms with Crippen LogP contribution in [-0.2, 0) is 0 Å². The third-order valence-corrected chi connectivity index (χ3v) is 5.66. The topological polar surface area (TPSA) is 66.2 Å². The van der Waals surface area contributed by atoms with E-state index >= 15 is 0 Å². The summed E-state index contributed by atoms with van der Waals surface area (Å²) in [6.07, 6.45) is -1.80. The fourth-order valence-corrected chi connectivity index (χ4v) is 4.56. The molecule has 0 bridgehead atoms. The highest BCUT2D eigenvalue weighted by Crippen LogP contribution is 2.37. The van der Waals surface area contributed by atoms with E-state index in [1.807, 2.05) is 11.9 Å². The number of nitrogens with zero attached hydrogens (tertiary/aromatic N) is 4. The summed E-state index contributed by atoms with van der Waals surface area (Å²) in [6, 6.07) is 2.22. The lowest BCUT2D eigenvalue weighted by Crippen LogP contribution is -2.45. The van der Waals surface area contributed by atoms with Crippen molar-refractivity contribution >= 4 is 38.4 Å². The molecule has 1 saturated heterocycles. The number of aromatic hydroxyl groups is 1. The number of likely N-dealkylation sites (N-methyl/N-ethyl adjacent to an activating group) is 1. The van der Waals surface area contributed by atoms with Crippen LogP contribution < -0.4 is 5.32 Å². The maximum atomic E-state index is 13.7. The molecule has 1 aliphatic heterocycles. The predicted octanol–water partition coefficient (Wildman–Crippen LogP) is 4.23. The van der Waals surface area contributed by atoms with E-state index in [1.165, 1.54) is 28.3 Å². The fraction of sp³-hybridized carbons (Fsp3) is 0.412. The summed E-state index contributed by atoms with van der Waals surface area (Å²) in [5, 5.41) is 18.1. The van der Waals surface area contributed by atoms with Crippen LogP contribution in [0.3, 0.4) is 0 Å². The zero-order chi connectivity index (χ0) is 20.0. The Morgan fingerprint density at radius 3 is 2.82 bits per heavy atom. The van der Waals surface area contributed by atoms with Gasteiger partial charge in [-0.2, -0.15) is 4.98 Å².